The van der Waals surface area contributed by atoms with E-state index < -0.39 is 0 Å². The smallest absolute Gasteiger partial charge is 0.117 e. The van der Waals surface area contributed by atoms with Gasteiger partial charge in [0.15, 0.2) is 0 Å². The second kappa shape index (κ2) is 4.22. The highest BCUT2D eigenvalue weighted by atomic mass is 14.3. The maximum atomic E-state index is 8.83. The summed E-state index contributed by atoms with van der Waals surface area (Å²) in [4.78, 5) is 0. The standard InChI is InChI=1S/C10B2N4/c11-9-6(2-14)5(1-13)7(3-15)10(12)8(9)4-16. The van der Waals surface area contributed by atoms with Crippen LogP contribution >= 0.6 is 0 Å². The van der Waals surface area contributed by atoms with Crippen LogP contribution in [0.1, 0.15) is 22.3 Å². The second-order valence-electron chi connectivity index (χ2n) is 2.77. The summed E-state index contributed by atoms with van der Waals surface area (Å²) in [6, 6.07) is 6.76. The highest BCUT2D eigenvalue weighted by molar-refractivity contribution is 6.42. The first-order valence-corrected chi connectivity index (χ1v) is 3.97. The molecule has 0 atom stereocenters. The molecule has 0 spiro atoms. The summed E-state index contributed by atoms with van der Waals surface area (Å²) in [6.07, 6.45) is 0. The van der Waals surface area contributed by atoms with Crippen LogP contribution in [0.15, 0.2) is 0 Å². The highest BCUT2D eigenvalue weighted by Crippen LogP contribution is 2.10. The maximum Gasteiger partial charge on any atom is 0.117 e. The van der Waals surface area contributed by atoms with Gasteiger partial charge in [-0.15, -0.1) is 0 Å². The fourth-order valence-corrected chi connectivity index (χ4v) is 1.25. The number of rotatable bonds is 0. The number of nitrogens with zero attached hydrogens (tertiary/aromatic N) is 4. The molecule has 16 heavy (non-hydrogen) atoms. The van der Waals surface area contributed by atoms with Crippen molar-refractivity contribution in [3.8, 4) is 24.3 Å². The average Bonchev–Trinajstić information content (AvgIpc) is 2.29. The molecule has 0 saturated carbocycles. The van der Waals surface area contributed by atoms with E-state index in [4.69, 9.17) is 36.7 Å². The first-order chi connectivity index (χ1) is 7.62. The van der Waals surface area contributed by atoms with Gasteiger partial charge >= 0.3 is 0 Å². The van der Waals surface area contributed by atoms with Gasteiger partial charge in [-0.25, -0.2) is 0 Å². The Bertz CT molecular complexity index is 594. The van der Waals surface area contributed by atoms with Crippen molar-refractivity contribution < 1.29 is 0 Å². The summed E-state index contributed by atoms with van der Waals surface area (Å²) in [5.74, 6) is 0. The maximum absolute atomic E-state index is 8.83. The zero-order chi connectivity index (χ0) is 12.3. The van der Waals surface area contributed by atoms with Crippen molar-refractivity contribution in [3.63, 3.8) is 0 Å². The Hall–Kier alpha value is -2.69. The van der Waals surface area contributed by atoms with Crippen molar-refractivity contribution in [3.05, 3.63) is 22.3 Å². The van der Waals surface area contributed by atoms with Gasteiger partial charge in [-0.3, -0.25) is 0 Å². The Morgan fingerprint density at radius 3 is 1.12 bits per heavy atom. The zero-order valence-corrected chi connectivity index (χ0v) is 7.94. The molecule has 1 rings (SSSR count). The van der Waals surface area contributed by atoms with E-state index in [1.807, 2.05) is 0 Å². The largest absolute Gasteiger partial charge is 0.192 e. The average molecular weight is 198 g/mol. The molecule has 0 aromatic heterocycles. The van der Waals surface area contributed by atoms with Crippen molar-refractivity contribution in [2.45, 2.75) is 0 Å². The summed E-state index contributed by atoms with van der Waals surface area (Å²) < 4.78 is 0. The van der Waals surface area contributed by atoms with E-state index in [1.165, 1.54) is 0 Å². The van der Waals surface area contributed by atoms with Crippen molar-refractivity contribution >= 4 is 26.6 Å². The summed E-state index contributed by atoms with van der Waals surface area (Å²) >= 11 is 0. The molecule has 0 fully saturated rings. The lowest BCUT2D eigenvalue weighted by atomic mass is 9.74. The Kier molecular flexibility index (Phi) is 3.00. The van der Waals surface area contributed by atoms with Gasteiger partial charge in [0.1, 0.15) is 21.8 Å². The van der Waals surface area contributed by atoms with E-state index in [1.54, 1.807) is 24.3 Å². The molecule has 0 N–H and O–H groups in total. The van der Waals surface area contributed by atoms with E-state index >= 15 is 0 Å². The predicted octanol–water partition coefficient (Wildman–Crippen LogP) is -1.24. The Labute approximate surface area is 94.8 Å². The third kappa shape index (κ3) is 1.40. The molecule has 0 bridgehead atoms. The van der Waals surface area contributed by atoms with Crippen LogP contribution in [0.3, 0.4) is 0 Å². The number of benzene rings is 1. The van der Waals surface area contributed by atoms with Crippen LogP contribution in [0.2, 0.25) is 0 Å². The number of hydrogen-bond donors (Lipinski definition) is 0. The molecular formula is C10B2N4. The molecule has 66 valence electrons. The van der Waals surface area contributed by atoms with Gasteiger partial charge in [0.05, 0.1) is 34.9 Å². The molecule has 6 heteroatoms. The predicted molar refractivity (Wildman–Crippen MR) is 56.1 cm³/mol. The molecule has 0 unspecified atom stereocenters. The van der Waals surface area contributed by atoms with Crippen LogP contribution in [0, 0.1) is 45.3 Å². The van der Waals surface area contributed by atoms with Gasteiger partial charge in [-0.05, 0) is 0 Å². The highest BCUT2D eigenvalue weighted by Gasteiger charge is 2.18. The first-order valence-electron chi connectivity index (χ1n) is 3.97. The van der Waals surface area contributed by atoms with E-state index in [0.717, 1.165) is 0 Å². The third-order valence-electron chi connectivity index (χ3n) is 2.02. The van der Waals surface area contributed by atoms with Gasteiger partial charge < -0.3 is 0 Å². The lowest BCUT2D eigenvalue weighted by Crippen LogP contribution is -2.28. The molecule has 0 heterocycles. The van der Waals surface area contributed by atoms with Gasteiger partial charge in [0.25, 0.3) is 0 Å². The first kappa shape index (κ1) is 11.4. The van der Waals surface area contributed by atoms with E-state index in [9.17, 15) is 0 Å². The minimum atomic E-state index is -0.195. The molecule has 1 aromatic rings. The zero-order valence-electron chi connectivity index (χ0n) is 7.94. The van der Waals surface area contributed by atoms with Crippen LogP contribution in [-0.2, 0) is 0 Å². The van der Waals surface area contributed by atoms with Gasteiger partial charge in [0, 0.05) is 5.56 Å². The summed E-state index contributed by atoms with van der Waals surface area (Å²) in [5.41, 5.74) is -1.06. The lowest BCUT2D eigenvalue weighted by Gasteiger charge is -2.09. The fraction of sp³-hybridized carbons (Fsp3) is 0. The SMILES string of the molecule is [B]c1c(C#N)c([B])c(C#N)c(C#N)c1C#N. The number of hydrogen-bond acceptors (Lipinski definition) is 4. The monoisotopic (exact) mass is 198 g/mol. The van der Waals surface area contributed by atoms with Crippen molar-refractivity contribution in [1.29, 1.82) is 21.0 Å². The molecule has 4 radical (unpaired) electrons. The molecule has 1 aromatic carbocycles. The normalized spacial score (nSPS) is 8.25. The Morgan fingerprint density at radius 2 is 0.875 bits per heavy atom. The topological polar surface area (TPSA) is 95.2 Å². The lowest BCUT2D eigenvalue weighted by molar-refractivity contribution is 1.41. The fourth-order valence-electron chi connectivity index (χ4n) is 1.25. The summed E-state index contributed by atoms with van der Waals surface area (Å²) in [7, 11) is 11.0. The van der Waals surface area contributed by atoms with Crippen molar-refractivity contribution in [2.24, 2.45) is 0 Å². The summed E-state index contributed by atoms with van der Waals surface area (Å²) in [6.45, 7) is 0. The quantitative estimate of drug-likeness (QED) is 0.487. The Balaban J connectivity index is 3.99. The molecule has 0 amide bonds. The van der Waals surface area contributed by atoms with E-state index in [2.05, 4.69) is 0 Å². The molecule has 0 saturated heterocycles. The number of nitriles is 4. The van der Waals surface area contributed by atoms with Crippen LogP contribution in [0.4, 0.5) is 0 Å². The second-order valence-corrected chi connectivity index (χ2v) is 2.77. The van der Waals surface area contributed by atoms with Gasteiger partial charge in [0.2, 0.25) is 0 Å². The van der Waals surface area contributed by atoms with Crippen LogP contribution in [0.5, 0.6) is 0 Å². The van der Waals surface area contributed by atoms with E-state index in [0.29, 0.717) is 0 Å². The molecule has 0 aliphatic carbocycles. The van der Waals surface area contributed by atoms with Gasteiger partial charge in [-0.1, -0.05) is 10.9 Å². The van der Waals surface area contributed by atoms with Crippen LogP contribution in [-0.4, -0.2) is 15.7 Å². The Morgan fingerprint density at radius 1 is 0.562 bits per heavy atom. The van der Waals surface area contributed by atoms with Crippen molar-refractivity contribution in [1.82, 2.24) is 0 Å². The molecule has 0 aliphatic rings. The minimum absolute atomic E-state index is 0.146. The van der Waals surface area contributed by atoms with Gasteiger partial charge in [-0.2, -0.15) is 21.0 Å². The molecule has 4 nitrogen and oxygen atoms in total. The van der Waals surface area contributed by atoms with Crippen molar-refractivity contribution in [2.75, 3.05) is 0 Å². The van der Waals surface area contributed by atoms with Crippen LogP contribution < -0.4 is 10.9 Å². The molecule has 0 aliphatic heterocycles. The van der Waals surface area contributed by atoms with E-state index in [-0.39, 0.29) is 33.2 Å². The third-order valence-corrected chi connectivity index (χ3v) is 2.02. The molecular weight excluding hydrogens is 198 g/mol. The summed E-state index contributed by atoms with van der Waals surface area (Å²) in [5, 5.41) is 35.3. The minimum Gasteiger partial charge on any atom is -0.192 e. The van der Waals surface area contributed by atoms with Crippen LogP contribution in [0.25, 0.3) is 0 Å².